The third-order valence-electron chi connectivity index (χ3n) is 5.84. The lowest BCUT2D eigenvalue weighted by Crippen LogP contribution is -2.42. The monoisotopic (exact) mass is 516 g/mol. The molecule has 0 saturated carbocycles. The maximum absolute atomic E-state index is 14.0. The van der Waals surface area contributed by atoms with Crippen molar-refractivity contribution in [3.63, 3.8) is 0 Å². The molecule has 198 valence electrons. The molecular weight excluding hydrogens is 484 g/mol. The van der Waals surface area contributed by atoms with E-state index in [-0.39, 0.29) is 11.7 Å². The quantitative estimate of drug-likeness (QED) is 0.248. The number of hydrogen-bond donors (Lipinski definition) is 2. The summed E-state index contributed by atoms with van der Waals surface area (Å²) in [7, 11) is 0. The number of anilines is 1. The van der Waals surface area contributed by atoms with Crippen molar-refractivity contribution in [2.45, 2.75) is 60.2 Å². The van der Waals surface area contributed by atoms with Gasteiger partial charge in [0, 0.05) is 0 Å². The fraction of sp³-hybridized carbons (Fsp3) is 0.357. The van der Waals surface area contributed by atoms with Crippen LogP contribution in [0, 0.1) is 43.8 Å². The molecule has 2 aromatic heterocycles. The molecular formula is C28H32F4N4O. The van der Waals surface area contributed by atoms with E-state index in [2.05, 4.69) is 29.7 Å². The number of furan rings is 1. The molecule has 2 heterocycles. The van der Waals surface area contributed by atoms with Gasteiger partial charge in [-0.05, 0) is 98.7 Å². The van der Waals surface area contributed by atoms with Crippen molar-refractivity contribution in [1.29, 1.82) is 5.26 Å². The fourth-order valence-electron chi connectivity index (χ4n) is 3.26. The number of allylic oxidation sites excluding steroid dienone is 1. The van der Waals surface area contributed by atoms with E-state index in [4.69, 9.17) is 9.68 Å². The number of pyridine rings is 1. The highest BCUT2D eigenvalue weighted by atomic mass is 19.4. The number of alkyl halides is 3. The second-order valence-electron chi connectivity index (χ2n) is 8.85. The number of hydrogen-bond acceptors (Lipinski definition) is 5. The minimum atomic E-state index is -4.34. The van der Waals surface area contributed by atoms with Crippen LogP contribution in [0.15, 0.2) is 47.0 Å². The maximum atomic E-state index is 14.0. The summed E-state index contributed by atoms with van der Waals surface area (Å²) in [6.45, 7) is 10.6. The van der Waals surface area contributed by atoms with Crippen LogP contribution in [-0.4, -0.2) is 17.2 Å². The van der Waals surface area contributed by atoms with Crippen molar-refractivity contribution in [2.75, 3.05) is 5.43 Å². The molecule has 3 aromatic rings. The summed E-state index contributed by atoms with van der Waals surface area (Å²) < 4.78 is 56.7. The van der Waals surface area contributed by atoms with Crippen molar-refractivity contribution in [3.05, 3.63) is 82.3 Å². The molecule has 3 rings (SSSR count). The highest BCUT2D eigenvalue weighted by Crippen LogP contribution is 2.29. The molecule has 0 bridgehead atoms. The third kappa shape index (κ3) is 8.76. The predicted molar refractivity (Wildman–Crippen MR) is 138 cm³/mol. The van der Waals surface area contributed by atoms with Gasteiger partial charge in [0.15, 0.2) is 0 Å². The van der Waals surface area contributed by atoms with Crippen LogP contribution in [0.2, 0.25) is 0 Å². The second kappa shape index (κ2) is 13.1. The molecule has 0 fully saturated rings. The van der Waals surface area contributed by atoms with Gasteiger partial charge in [0.05, 0.1) is 17.6 Å². The van der Waals surface area contributed by atoms with Gasteiger partial charge in [-0.15, -0.1) is 0 Å². The number of halogens is 4. The average molecular weight is 517 g/mol. The zero-order valence-electron chi connectivity index (χ0n) is 21.8. The lowest BCUT2D eigenvalue weighted by Gasteiger charge is -2.19. The zero-order chi connectivity index (χ0) is 27.8. The fourth-order valence-corrected chi connectivity index (χ4v) is 3.26. The van der Waals surface area contributed by atoms with Crippen LogP contribution in [-0.2, 0) is 0 Å². The summed E-state index contributed by atoms with van der Waals surface area (Å²) in [5.41, 5.74) is 9.16. The standard InChI is InChI=1S/C22H27F4N3.C6H5NO/c1-6-13(2)19(10-17-11-20(23)15(4)9-14(17)3)21-8-7-18(12-27-21)29-28-16(5)22(24,25)26;1-5-2-3-6(4-7)8-5/h7-13,16,28-29H,6H2,1-5H3;2-3H,1H3/b19-10+;. The molecule has 0 aliphatic carbocycles. The largest absolute Gasteiger partial charge is 0.451 e. The number of nitrogens with zero attached hydrogens (tertiary/aromatic N) is 2. The van der Waals surface area contributed by atoms with Gasteiger partial charge < -0.3 is 9.84 Å². The molecule has 0 radical (unpaired) electrons. The molecule has 0 aliphatic heterocycles. The number of nitriles is 1. The second-order valence-corrected chi connectivity index (χ2v) is 8.85. The average Bonchev–Trinajstić information content (AvgIpc) is 3.29. The van der Waals surface area contributed by atoms with Crippen LogP contribution < -0.4 is 10.9 Å². The Labute approximate surface area is 215 Å². The van der Waals surface area contributed by atoms with Crippen molar-refractivity contribution in [1.82, 2.24) is 10.4 Å². The Morgan fingerprint density at radius 2 is 1.81 bits per heavy atom. The molecule has 0 aliphatic rings. The van der Waals surface area contributed by atoms with E-state index in [9.17, 15) is 17.6 Å². The Hall–Kier alpha value is -3.64. The van der Waals surface area contributed by atoms with Gasteiger partial charge in [-0.2, -0.15) is 18.4 Å². The van der Waals surface area contributed by atoms with E-state index >= 15 is 0 Å². The van der Waals surface area contributed by atoms with Gasteiger partial charge >= 0.3 is 6.18 Å². The molecule has 2 unspecified atom stereocenters. The Morgan fingerprint density at radius 1 is 1.11 bits per heavy atom. The van der Waals surface area contributed by atoms with Crippen LogP contribution in [0.1, 0.15) is 61.1 Å². The third-order valence-corrected chi connectivity index (χ3v) is 5.84. The number of rotatable bonds is 7. The summed E-state index contributed by atoms with van der Waals surface area (Å²) >= 11 is 0. The summed E-state index contributed by atoms with van der Waals surface area (Å²) in [6.07, 6.45) is -0.0603. The van der Waals surface area contributed by atoms with E-state index in [0.717, 1.165) is 35.8 Å². The molecule has 0 spiro atoms. The lowest BCUT2D eigenvalue weighted by atomic mass is 9.92. The Morgan fingerprint density at radius 3 is 2.30 bits per heavy atom. The Balaban J connectivity index is 0.000000510. The van der Waals surface area contributed by atoms with Crippen molar-refractivity contribution in [3.8, 4) is 6.07 Å². The Kier molecular flexibility index (Phi) is 10.4. The first kappa shape index (κ1) is 29.6. The van der Waals surface area contributed by atoms with E-state index in [1.165, 1.54) is 12.3 Å². The number of nitrogens with one attached hydrogen (secondary N) is 2. The molecule has 2 atom stereocenters. The first-order chi connectivity index (χ1) is 17.3. The van der Waals surface area contributed by atoms with Crippen LogP contribution in [0.25, 0.3) is 11.6 Å². The van der Waals surface area contributed by atoms with Gasteiger partial charge in [-0.3, -0.25) is 4.98 Å². The first-order valence-corrected chi connectivity index (χ1v) is 11.8. The van der Waals surface area contributed by atoms with Gasteiger partial charge in [0.25, 0.3) is 0 Å². The molecule has 5 nitrogen and oxygen atoms in total. The van der Waals surface area contributed by atoms with Crippen LogP contribution in [0.3, 0.4) is 0 Å². The van der Waals surface area contributed by atoms with E-state index < -0.39 is 12.2 Å². The smallest absolute Gasteiger partial charge is 0.405 e. The van der Waals surface area contributed by atoms with Crippen LogP contribution in [0.5, 0.6) is 0 Å². The van der Waals surface area contributed by atoms with Gasteiger partial charge in [-0.25, -0.2) is 9.82 Å². The topological polar surface area (TPSA) is 73.9 Å². The number of hydrazine groups is 1. The number of benzene rings is 1. The molecule has 0 saturated heterocycles. The van der Waals surface area contributed by atoms with E-state index in [1.54, 1.807) is 38.1 Å². The van der Waals surface area contributed by atoms with Crippen molar-refractivity contribution < 1.29 is 22.0 Å². The summed E-state index contributed by atoms with van der Waals surface area (Å²) in [4.78, 5) is 4.41. The van der Waals surface area contributed by atoms with Gasteiger partial charge in [0.1, 0.15) is 23.7 Å². The minimum absolute atomic E-state index is 0.174. The maximum Gasteiger partial charge on any atom is 0.405 e. The van der Waals surface area contributed by atoms with Crippen molar-refractivity contribution >= 4 is 17.3 Å². The highest BCUT2D eigenvalue weighted by molar-refractivity contribution is 5.82. The normalized spacial score (nSPS) is 13.3. The zero-order valence-corrected chi connectivity index (χ0v) is 21.8. The van der Waals surface area contributed by atoms with E-state index in [1.807, 2.05) is 25.1 Å². The summed E-state index contributed by atoms with van der Waals surface area (Å²) in [6, 6.07) is 10.3. The SMILES string of the molecule is CCC(C)/C(=C\c1cc(F)c(C)cc1C)c1ccc(NNC(C)C(F)(F)F)cn1.Cc1ccc(C#N)o1. The summed E-state index contributed by atoms with van der Waals surface area (Å²) in [5.74, 6) is 1.07. The van der Waals surface area contributed by atoms with Crippen LogP contribution in [0.4, 0.5) is 23.2 Å². The molecule has 9 heteroatoms. The Bertz CT molecular complexity index is 1240. The molecule has 1 aromatic carbocycles. The van der Waals surface area contributed by atoms with E-state index in [0.29, 0.717) is 22.7 Å². The summed E-state index contributed by atoms with van der Waals surface area (Å²) in [5, 5.41) is 8.21. The van der Waals surface area contributed by atoms with Crippen molar-refractivity contribution in [2.24, 2.45) is 5.92 Å². The highest BCUT2D eigenvalue weighted by Gasteiger charge is 2.35. The molecule has 2 N–H and O–H groups in total. The van der Waals surface area contributed by atoms with Crippen LogP contribution >= 0.6 is 0 Å². The minimum Gasteiger partial charge on any atom is -0.451 e. The van der Waals surface area contributed by atoms with Gasteiger partial charge in [0.2, 0.25) is 5.76 Å². The first-order valence-electron chi connectivity index (χ1n) is 11.8. The number of aromatic nitrogens is 1. The number of aryl methyl sites for hydroxylation is 3. The van der Waals surface area contributed by atoms with Gasteiger partial charge in [-0.1, -0.05) is 19.9 Å². The predicted octanol–water partition coefficient (Wildman–Crippen LogP) is 7.75. The molecule has 0 amide bonds. The lowest BCUT2D eigenvalue weighted by molar-refractivity contribution is -0.150. The molecule has 37 heavy (non-hydrogen) atoms.